The SMILES string of the molecule is c1ccc2c(c1)-c1ccc(CCC(c3ccc(-c4ccc5c(c4)sc4ccccc45)cc3)c3ccc4ccccc4c3)cc1C21C2CC3CC(C2)CC1C3. The molecule has 0 saturated heterocycles. The summed E-state index contributed by atoms with van der Waals surface area (Å²) in [5.74, 6) is 3.84. The summed E-state index contributed by atoms with van der Waals surface area (Å²) in [7, 11) is 0. The van der Waals surface area contributed by atoms with Crippen LogP contribution in [0.3, 0.4) is 0 Å². The minimum Gasteiger partial charge on any atom is -0.135 e. The second kappa shape index (κ2) is 12.0. The Morgan fingerprint density at radius 3 is 2.04 bits per heavy atom. The van der Waals surface area contributed by atoms with Crippen molar-refractivity contribution < 1.29 is 0 Å². The summed E-state index contributed by atoms with van der Waals surface area (Å²) >= 11 is 1.90. The third-order valence-electron chi connectivity index (χ3n) is 14.5. The zero-order valence-corrected chi connectivity index (χ0v) is 31.5. The first-order valence-electron chi connectivity index (χ1n) is 20.4. The van der Waals surface area contributed by atoms with Crippen LogP contribution in [0, 0.1) is 23.7 Å². The van der Waals surface area contributed by atoms with Crippen LogP contribution in [-0.4, -0.2) is 0 Å². The van der Waals surface area contributed by atoms with E-state index in [4.69, 9.17) is 0 Å². The molecule has 4 fully saturated rings. The molecule has 5 aliphatic rings. The van der Waals surface area contributed by atoms with E-state index >= 15 is 0 Å². The summed E-state index contributed by atoms with van der Waals surface area (Å²) in [6, 6.07) is 58.5. The lowest BCUT2D eigenvalue weighted by molar-refractivity contribution is -0.0399. The summed E-state index contributed by atoms with van der Waals surface area (Å²) in [6.07, 6.45) is 9.39. The van der Waals surface area contributed by atoms with Crippen molar-refractivity contribution in [2.24, 2.45) is 23.7 Å². The molecule has 1 aromatic heterocycles. The number of aryl methyl sites for hydroxylation is 1. The van der Waals surface area contributed by atoms with Gasteiger partial charge in [0.05, 0.1) is 0 Å². The second-order valence-corrected chi connectivity index (χ2v) is 18.3. The lowest BCUT2D eigenvalue weighted by atomic mass is 9.43. The zero-order valence-electron chi connectivity index (χ0n) is 30.7. The van der Waals surface area contributed by atoms with Gasteiger partial charge in [-0.1, -0.05) is 140 Å². The smallest absolute Gasteiger partial charge is 0.0361 e. The molecular formula is C53H44S. The predicted molar refractivity (Wildman–Crippen MR) is 229 cm³/mol. The van der Waals surface area contributed by atoms with Crippen LogP contribution >= 0.6 is 11.3 Å². The van der Waals surface area contributed by atoms with E-state index in [9.17, 15) is 0 Å². The number of benzene rings is 7. The van der Waals surface area contributed by atoms with Crippen LogP contribution in [-0.2, 0) is 11.8 Å². The lowest BCUT2D eigenvalue weighted by Gasteiger charge is -2.61. The Morgan fingerprint density at radius 2 is 1.19 bits per heavy atom. The number of hydrogen-bond donors (Lipinski definition) is 0. The van der Waals surface area contributed by atoms with Crippen LogP contribution in [0.4, 0.5) is 0 Å². The van der Waals surface area contributed by atoms with E-state index in [2.05, 4.69) is 152 Å². The molecule has 0 N–H and O–H groups in total. The fraction of sp³-hybridized carbons (Fsp3) is 0.245. The molecule has 262 valence electrons. The first kappa shape index (κ1) is 31.4. The van der Waals surface area contributed by atoms with Crippen LogP contribution in [0.25, 0.3) is 53.2 Å². The average molecular weight is 713 g/mol. The highest BCUT2D eigenvalue weighted by molar-refractivity contribution is 7.25. The minimum atomic E-state index is 0.224. The van der Waals surface area contributed by atoms with Gasteiger partial charge in [-0.25, -0.2) is 0 Å². The van der Waals surface area contributed by atoms with Gasteiger partial charge in [-0.05, 0) is 142 Å². The largest absolute Gasteiger partial charge is 0.135 e. The summed E-state index contributed by atoms with van der Waals surface area (Å²) in [5.41, 5.74) is 13.5. The highest BCUT2D eigenvalue weighted by atomic mass is 32.1. The Kier molecular flexibility index (Phi) is 6.98. The summed E-state index contributed by atoms with van der Waals surface area (Å²) in [5, 5.41) is 5.36. The Labute approximate surface area is 322 Å². The number of rotatable bonds is 6. The molecule has 1 spiro atoms. The van der Waals surface area contributed by atoms with Crippen molar-refractivity contribution in [1.29, 1.82) is 0 Å². The van der Waals surface area contributed by atoms with E-state index in [1.807, 2.05) is 11.3 Å². The van der Waals surface area contributed by atoms with Crippen LogP contribution in [0.1, 0.15) is 72.3 Å². The second-order valence-electron chi connectivity index (χ2n) is 17.2. The molecule has 1 atom stereocenters. The van der Waals surface area contributed by atoms with Gasteiger partial charge < -0.3 is 0 Å². The highest BCUT2D eigenvalue weighted by Crippen LogP contribution is 2.69. The van der Waals surface area contributed by atoms with Crippen molar-refractivity contribution in [2.45, 2.75) is 56.3 Å². The summed E-state index contributed by atoms with van der Waals surface area (Å²) in [6.45, 7) is 0. The molecule has 5 aliphatic carbocycles. The molecule has 0 amide bonds. The van der Waals surface area contributed by atoms with Gasteiger partial charge in [-0.3, -0.25) is 0 Å². The van der Waals surface area contributed by atoms with E-state index in [0.717, 1.165) is 36.5 Å². The topological polar surface area (TPSA) is 0 Å². The number of fused-ring (bicyclic) bond motifs is 7. The summed E-state index contributed by atoms with van der Waals surface area (Å²) in [4.78, 5) is 0. The molecule has 0 radical (unpaired) electrons. The van der Waals surface area contributed by atoms with Gasteiger partial charge in [-0.15, -0.1) is 11.3 Å². The first-order valence-corrected chi connectivity index (χ1v) is 21.2. The van der Waals surface area contributed by atoms with E-state index in [-0.39, 0.29) is 5.41 Å². The molecule has 1 heteroatoms. The van der Waals surface area contributed by atoms with Crippen LogP contribution in [0.5, 0.6) is 0 Å². The van der Waals surface area contributed by atoms with Crippen molar-refractivity contribution >= 4 is 42.3 Å². The molecule has 7 aromatic carbocycles. The maximum Gasteiger partial charge on any atom is 0.0361 e. The molecule has 8 aromatic rings. The normalized spacial score (nSPS) is 24.1. The molecule has 4 saturated carbocycles. The Hall–Kier alpha value is -4.98. The van der Waals surface area contributed by atoms with E-state index in [0.29, 0.717) is 5.92 Å². The van der Waals surface area contributed by atoms with Crippen molar-refractivity contribution in [2.75, 3.05) is 0 Å². The van der Waals surface area contributed by atoms with E-state index in [1.165, 1.54) is 102 Å². The van der Waals surface area contributed by atoms with Gasteiger partial charge >= 0.3 is 0 Å². The van der Waals surface area contributed by atoms with Crippen molar-refractivity contribution in [3.63, 3.8) is 0 Å². The standard InChI is InChI=1S/C53H44S/c1-2-8-39-31-41(20-17-36(39)7-1)44(38-18-15-37(16-19-38)40-21-24-48-47-10-4-6-12-51(47)54-52(48)32-40)22-13-33-14-23-46-45-9-3-5-11-49(45)53(50(46)30-33)42-26-34-25-35(28-42)29-43(53)27-34/h1-12,14-21,23-24,30-32,34-35,42-44H,13,22,25-29H2. The molecule has 1 unspecified atom stereocenters. The van der Waals surface area contributed by atoms with Gasteiger partial charge in [0.15, 0.2) is 0 Å². The van der Waals surface area contributed by atoms with E-state index in [1.54, 1.807) is 11.1 Å². The minimum absolute atomic E-state index is 0.224. The van der Waals surface area contributed by atoms with E-state index < -0.39 is 0 Å². The predicted octanol–water partition coefficient (Wildman–Crippen LogP) is 14.4. The summed E-state index contributed by atoms with van der Waals surface area (Å²) < 4.78 is 2.72. The van der Waals surface area contributed by atoms with Crippen molar-refractivity contribution in [3.05, 3.63) is 179 Å². The first-order chi connectivity index (χ1) is 26.7. The Balaban J connectivity index is 0.901. The molecule has 1 heterocycles. The monoisotopic (exact) mass is 712 g/mol. The third kappa shape index (κ3) is 4.67. The fourth-order valence-electron chi connectivity index (χ4n) is 12.4. The zero-order chi connectivity index (χ0) is 35.4. The van der Waals surface area contributed by atoms with Crippen molar-refractivity contribution in [1.82, 2.24) is 0 Å². The molecular weight excluding hydrogens is 669 g/mol. The average Bonchev–Trinajstić information content (AvgIpc) is 3.73. The van der Waals surface area contributed by atoms with Gasteiger partial charge in [0.25, 0.3) is 0 Å². The third-order valence-corrected chi connectivity index (χ3v) is 15.7. The maximum atomic E-state index is 2.70. The number of thiophene rings is 1. The molecule has 54 heavy (non-hydrogen) atoms. The van der Waals surface area contributed by atoms with Crippen LogP contribution in [0.2, 0.25) is 0 Å². The molecule has 13 rings (SSSR count). The fourth-order valence-corrected chi connectivity index (χ4v) is 13.6. The molecule has 0 nitrogen and oxygen atoms in total. The number of hydrogen-bond acceptors (Lipinski definition) is 1. The Bertz CT molecular complexity index is 2720. The lowest BCUT2D eigenvalue weighted by Crippen LogP contribution is -2.55. The molecule has 4 bridgehead atoms. The maximum absolute atomic E-state index is 2.70. The van der Waals surface area contributed by atoms with Gasteiger partial charge in [0.1, 0.15) is 0 Å². The van der Waals surface area contributed by atoms with Gasteiger partial charge in [0.2, 0.25) is 0 Å². The quantitative estimate of drug-likeness (QED) is 0.161. The van der Waals surface area contributed by atoms with Crippen LogP contribution in [0.15, 0.2) is 152 Å². The van der Waals surface area contributed by atoms with Crippen molar-refractivity contribution in [3.8, 4) is 22.3 Å². The van der Waals surface area contributed by atoms with Crippen LogP contribution < -0.4 is 0 Å². The Morgan fingerprint density at radius 1 is 0.500 bits per heavy atom. The van der Waals surface area contributed by atoms with Gasteiger partial charge in [0, 0.05) is 31.5 Å². The molecule has 0 aliphatic heterocycles. The highest BCUT2D eigenvalue weighted by Gasteiger charge is 2.61. The van der Waals surface area contributed by atoms with Gasteiger partial charge in [-0.2, -0.15) is 0 Å².